The molecule has 1 aromatic carbocycles. The standard InChI is InChI=1S/C22H28N4O2/c1-15(20(27)26-12-10-22(8-9-22)11-13-26)23-21-25-24-19(28-21)18-7-6-16-4-2-3-5-17(16)14-18/h2-5,15,18H,6-14H2,1H3,(H,23,25)/t15-,18+/m0/s1. The summed E-state index contributed by atoms with van der Waals surface area (Å²) in [7, 11) is 0. The van der Waals surface area contributed by atoms with Gasteiger partial charge in [0.2, 0.25) is 11.8 Å². The van der Waals surface area contributed by atoms with Gasteiger partial charge in [0.1, 0.15) is 6.04 Å². The van der Waals surface area contributed by atoms with Gasteiger partial charge in [0.05, 0.1) is 0 Å². The van der Waals surface area contributed by atoms with Gasteiger partial charge < -0.3 is 14.6 Å². The van der Waals surface area contributed by atoms with E-state index < -0.39 is 0 Å². The lowest BCUT2D eigenvalue weighted by Gasteiger charge is -2.33. The van der Waals surface area contributed by atoms with Gasteiger partial charge in [0, 0.05) is 19.0 Å². The van der Waals surface area contributed by atoms with Gasteiger partial charge in [0.25, 0.3) is 0 Å². The molecular formula is C22H28N4O2. The molecule has 2 fully saturated rings. The lowest BCUT2D eigenvalue weighted by molar-refractivity contribution is -0.133. The highest BCUT2D eigenvalue weighted by molar-refractivity contribution is 5.83. The fourth-order valence-electron chi connectivity index (χ4n) is 4.77. The zero-order chi connectivity index (χ0) is 19.1. The van der Waals surface area contributed by atoms with Crippen LogP contribution in [0.1, 0.15) is 62.0 Å². The maximum Gasteiger partial charge on any atom is 0.316 e. The average Bonchev–Trinajstić information content (AvgIpc) is 3.31. The topological polar surface area (TPSA) is 71.3 Å². The van der Waals surface area contributed by atoms with E-state index in [4.69, 9.17) is 4.42 Å². The number of fused-ring (bicyclic) bond motifs is 1. The molecule has 2 heterocycles. The van der Waals surface area contributed by atoms with Crippen molar-refractivity contribution in [3.05, 3.63) is 41.3 Å². The monoisotopic (exact) mass is 380 g/mol. The Morgan fingerprint density at radius 2 is 1.93 bits per heavy atom. The van der Waals surface area contributed by atoms with Crippen LogP contribution in [0.5, 0.6) is 0 Å². The number of hydrogen-bond donors (Lipinski definition) is 1. The molecule has 1 saturated heterocycles. The van der Waals surface area contributed by atoms with Gasteiger partial charge in [-0.2, -0.15) is 0 Å². The number of anilines is 1. The van der Waals surface area contributed by atoms with Crippen LogP contribution in [0.25, 0.3) is 0 Å². The molecule has 6 nitrogen and oxygen atoms in total. The predicted octanol–water partition coefficient (Wildman–Crippen LogP) is 3.55. The Morgan fingerprint density at radius 1 is 1.18 bits per heavy atom. The third-order valence-electron chi connectivity index (χ3n) is 6.94. The molecule has 0 bridgehead atoms. The zero-order valence-corrected chi connectivity index (χ0v) is 16.5. The summed E-state index contributed by atoms with van der Waals surface area (Å²) in [5.74, 6) is 1.05. The van der Waals surface area contributed by atoms with Crippen LogP contribution in [-0.4, -0.2) is 40.1 Å². The second kappa shape index (κ2) is 6.90. The lowest BCUT2D eigenvalue weighted by atomic mass is 9.84. The van der Waals surface area contributed by atoms with E-state index >= 15 is 0 Å². The van der Waals surface area contributed by atoms with Crippen molar-refractivity contribution in [2.24, 2.45) is 5.41 Å². The van der Waals surface area contributed by atoms with Crippen LogP contribution >= 0.6 is 0 Å². The third kappa shape index (κ3) is 3.40. The van der Waals surface area contributed by atoms with Crippen molar-refractivity contribution < 1.29 is 9.21 Å². The number of carbonyl (C=O) groups excluding carboxylic acids is 1. The molecule has 0 radical (unpaired) electrons. The molecule has 1 amide bonds. The van der Waals surface area contributed by atoms with E-state index in [1.807, 2.05) is 11.8 Å². The normalized spacial score (nSPS) is 23.9. The highest BCUT2D eigenvalue weighted by Gasteiger charge is 2.45. The summed E-state index contributed by atoms with van der Waals surface area (Å²) < 4.78 is 5.89. The maximum absolute atomic E-state index is 12.8. The SMILES string of the molecule is C[C@H](Nc1nnc([C@@H]2CCc3ccccc3C2)o1)C(=O)N1CCC2(CC1)CC2. The Balaban J connectivity index is 1.19. The van der Waals surface area contributed by atoms with E-state index in [1.165, 1.54) is 24.0 Å². The third-order valence-corrected chi connectivity index (χ3v) is 6.94. The van der Waals surface area contributed by atoms with Crippen LogP contribution in [0.4, 0.5) is 6.01 Å². The van der Waals surface area contributed by atoms with Crippen molar-refractivity contribution in [3.8, 4) is 0 Å². The molecule has 2 aliphatic carbocycles. The van der Waals surface area contributed by atoms with E-state index in [0.29, 0.717) is 17.3 Å². The second-order valence-corrected chi connectivity index (χ2v) is 8.85. The molecule has 0 unspecified atom stereocenters. The predicted molar refractivity (Wildman–Crippen MR) is 106 cm³/mol. The number of piperidine rings is 1. The van der Waals surface area contributed by atoms with Crippen molar-refractivity contribution >= 4 is 11.9 Å². The largest absolute Gasteiger partial charge is 0.408 e. The molecule has 28 heavy (non-hydrogen) atoms. The van der Waals surface area contributed by atoms with E-state index in [1.54, 1.807) is 0 Å². The van der Waals surface area contributed by atoms with Crippen LogP contribution in [-0.2, 0) is 17.6 Å². The zero-order valence-electron chi connectivity index (χ0n) is 16.5. The van der Waals surface area contributed by atoms with Gasteiger partial charge in [-0.3, -0.25) is 4.79 Å². The van der Waals surface area contributed by atoms with Crippen LogP contribution in [0, 0.1) is 5.41 Å². The van der Waals surface area contributed by atoms with Crippen molar-refractivity contribution in [2.45, 2.75) is 63.8 Å². The summed E-state index contributed by atoms with van der Waals surface area (Å²) in [6.07, 6.45) is 7.99. The van der Waals surface area contributed by atoms with E-state index in [2.05, 4.69) is 39.8 Å². The van der Waals surface area contributed by atoms with Crippen LogP contribution in [0.15, 0.2) is 28.7 Å². The maximum atomic E-state index is 12.8. The lowest BCUT2D eigenvalue weighted by Crippen LogP contribution is -2.45. The van der Waals surface area contributed by atoms with Gasteiger partial charge in [-0.15, -0.1) is 5.10 Å². The molecule has 3 aliphatic rings. The van der Waals surface area contributed by atoms with Gasteiger partial charge in [-0.25, -0.2) is 0 Å². The van der Waals surface area contributed by atoms with Gasteiger partial charge in [0.15, 0.2) is 0 Å². The Morgan fingerprint density at radius 3 is 2.68 bits per heavy atom. The smallest absolute Gasteiger partial charge is 0.316 e. The Bertz CT molecular complexity index is 863. The summed E-state index contributed by atoms with van der Waals surface area (Å²) >= 11 is 0. The Kier molecular flexibility index (Phi) is 4.37. The number of rotatable bonds is 4. The first-order chi connectivity index (χ1) is 13.6. The molecule has 2 aromatic rings. The molecule has 2 atom stereocenters. The summed E-state index contributed by atoms with van der Waals surface area (Å²) in [5.41, 5.74) is 3.37. The van der Waals surface area contributed by atoms with Crippen molar-refractivity contribution in [1.82, 2.24) is 15.1 Å². The Labute approximate surface area is 165 Å². The number of nitrogens with zero attached hydrogens (tertiary/aromatic N) is 3. The van der Waals surface area contributed by atoms with E-state index in [9.17, 15) is 4.79 Å². The number of likely N-dealkylation sites (tertiary alicyclic amines) is 1. The number of benzene rings is 1. The fraction of sp³-hybridized carbons (Fsp3) is 0.591. The van der Waals surface area contributed by atoms with Gasteiger partial charge in [-0.1, -0.05) is 29.4 Å². The summed E-state index contributed by atoms with van der Waals surface area (Å²) in [6.45, 7) is 3.63. The molecule has 1 N–H and O–H groups in total. The second-order valence-electron chi connectivity index (χ2n) is 8.85. The van der Waals surface area contributed by atoms with Gasteiger partial charge >= 0.3 is 6.01 Å². The van der Waals surface area contributed by atoms with Crippen molar-refractivity contribution in [3.63, 3.8) is 0 Å². The summed E-state index contributed by atoms with van der Waals surface area (Å²) in [6, 6.07) is 8.56. The number of carbonyl (C=O) groups is 1. The fourth-order valence-corrected chi connectivity index (χ4v) is 4.77. The first-order valence-corrected chi connectivity index (χ1v) is 10.6. The van der Waals surface area contributed by atoms with Crippen LogP contribution < -0.4 is 5.32 Å². The number of amides is 1. The van der Waals surface area contributed by atoms with Crippen molar-refractivity contribution in [2.75, 3.05) is 18.4 Å². The van der Waals surface area contributed by atoms with Crippen LogP contribution in [0.2, 0.25) is 0 Å². The first kappa shape index (κ1) is 17.7. The highest BCUT2D eigenvalue weighted by atomic mass is 16.4. The molecule has 6 heteroatoms. The average molecular weight is 380 g/mol. The minimum atomic E-state index is -0.353. The highest BCUT2D eigenvalue weighted by Crippen LogP contribution is 2.53. The summed E-state index contributed by atoms with van der Waals surface area (Å²) in [5, 5.41) is 11.5. The first-order valence-electron chi connectivity index (χ1n) is 10.6. The van der Waals surface area contributed by atoms with Crippen molar-refractivity contribution in [1.29, 1.82) is 0 Å². The molecular weight excluding hydrogens is 352 g/mol. The molecule has 1 aromatic heterocycles. The van der Waals surface area contributed by atoms with E-state index in [-0.39, 0.29) is 17.9 Å². The molecule has 1 saturated carbocycles. The summed E-state index contributed by atoms with van der Waals surface area (Å²) in [4.78, 5) is 14.7. The molecule has 1 spiro atoms. The minimum Gasteiger partial charge on any atom is -0.408 e. The molecule has 5 rings (SSSR count). The Hall–Kier alpha value is -2.37. The quantitative estimate of drug-likeness (QED) is 0.878. The number of nitrogens with one attached hydrogen (secondary N) is 1. The molecule has 1 aliphatic heterocycles. The van der Waals surface area contributed by atoms with Gasteiger partial charge in [-0.05, 0) is 68.4 Å². The van der Waals surface area contributed by atoms with Crippen LogP contribution in [0.3, 0.4) is 0 Å². The van der Waals surface area contributed by atoms with E-state index in [0.717, 1.165) is 45.2 Å². The number of hydrogen-bond acceptors (Lipinski definition) is 5. The number of aryl methyl sites for hydroxylation is 1. The minimum absolute atomic E-state index is 0.127. The number of aromatic nitrogens is 2. The molecule has 148 valence electrons.